The molecule has 0 saturated carbocycles. The number of halogens is 1. The maximum atomic E-state index is 3.54. The third-order valence-corrected chi connectivity index (χ3v) is 3.87. The van der Waals surface area contributed by atoms with Gasteiger partial charge in [0.05, 0.1) is 0 Å². The predicted octanol–water partition coefficient (Wildman–Crippen LogP) is 3.13. The summed E-state index contributed by atoms with van der Waals surface area (Å²) >= 11 is 3.54. The minimum Gasteiger partial charge on any atom is -0.383 e. The van der Waals surface area contributed by atoms with Gasteiger partial charge in [-0.3, -0.25) is 4.90 Å². The molecule has 1 N–H and O–H groups in total. The molecule has 1 atom stereocenters. The van der Waals surface area contributed by atoms with Gasteiger partial charge < -0.3 is 5.32 Å². The van der Waals surface area contributed by atoms with Gasteiger partial charge in [-0.15, -0.1) is 0 Å². The Kier molecular flexibility index (Phi) is 3.87. The van der Waals surface area contributed by atoms with Gasteiger partial charge in [0.1, 0.15) is 0 Å². The van der Waals surface area contributed by atoms with Crippen molar-refractivity contribution in [3.8, 4) is 0 Å². The minimum absolute atomic E-state index is 0.636. The first kappa shape index (κ1) is 11.9. The summed E-state index contributed by atoms with van der Waals surface area (Å²) < 4.78 is 1.17. The number of nitrogens with zero attached hydrogens (tertiary/aromatic N) is 1. The van der Waals surface area contributed by atoms with Crippen molar-refractivity contribution < 1.29 is 0 Å². The van der Waals surface area contributed by atoms with Crippen molar-refractivity contribution in [3.05, 3.63) is 28.2 Å². The molecule has 1 aromatic rings. The van der Waals surface area contributed by atoms with Gasteiger partial charge in [0.15, 0.2) is 0 Å². The van der Waals surface area contributed by atoms with E-state index >= 15 is 0 Å². The highest BCUT2D eigenvalue weighted by atomic mass is 79.9. The van der Waals surface area contributed by atoms with Gasteiger partial charge in [0, 0.05) is 22.7 Å². The second-order valence-electron chi connectivity index (χ2n) is 4.26. The summed E-state index contributed by atoms with van der Waals surface area (Å²) in [4.78, 5) is 2.52. The minimum atomic E-state index is 0.636. The standard InChI is InChI=1S/C13H19BrN2/c1-3-16(4-2)12-8-10-7-11(14)5-6-13(10)15-9-12/h5-7,12,15H,3-4,8-9H2,1-2H3. The summed E-state index contributed by atoms with van der Waals surface area (Å²) in [5.41, 5.74) is 2.73. The highest BCUT2D eigenvalue weighted by molar-refractivity contribution is 9.10. The quantitative estimate of drug-likeness (QED) is 0.917. The van der Waals surface area contributed by atoms with Gasteiger partial charge in [-0.1, -0.05) is 29.8 Å². The zero-order chi connectivity index (χ0) is 11.5. The smallest absolute Gasteiger partial charge is 0.0374 e. The summed E-state index contributed by atoms with van der Waals surface area (Å²) in [6, 6.07) is 7.14. The lowest BCUT2D eigenvalue weighted by atomic mass is 9.98. The van der Waals surface area contributed by atoms with E-state index in [0.717, 1.165) is 26.1 Å². The van der Waals surface area contributed by atoms with Crippen LogP contribution in [0.5, 0.6) is 0 Å². The van der Waals surface area contributed by atoms with Crippen LogP contribution >= 0.6 is 15.9 Å². The molecule has 1 aromatic carbocycles. The Labute approximate surface area is 106 Å². The fraction of sp³-hybridized carbons (Fsp3) is 0.538. The van der Waals surface area contributed by atoms with Gasteiger partial charge in [-0.2, -0.15) is 0 Å². The normalized spacial score (nSPS) is 19.4. The van der Waals surface area contributed by atoms with Crippen molar-refractivity contribution in [2.24, 2.45) is 0 Å². The van der Waals surface area contributed by atoms with Gasteiger partial charge in [-0.25, -0.2) is 0 Å². The van der Waals surface area contributed by atoms with E-state index in [1.54, 1.807) is 0 Å². The molecule has 2 nitrogen and oxygen atoms in total. The number of hydrogen-bond acceptors (Lipinski definition) is 2. The molecule has 0 aromatic heterocycles. The maximum Gasteiger partial charge on any atom is 0.0374 e. The molecule has 1 heterocycles. The van der Waals surface area contributed by atoms with E-state index in [1.807, 2.05) is 0 Å². The van der Waals surface area contributed by atoms with Crippen LogP contribution in [0.2, 0.25) is 0 Å². The Morgan fingerprint density at radius 3 is 2.81 bits per heavy atom. The summed E-state index contributed by atoms with van der Waals surface area (Å²) in [6.07, 6.45) is 1.16. The lowest BCUT2D eigenvalue weighted by Gasteiger charge is -2.34. The van der Waals surface area contributed by atoms with E-state index in [9.17, 15) is 0 Å². The average Bonchev–Trinajstić information content (AvgIpc) is 2.30. The molecule has 88 valence electrons. The number of hydrogen-bond donors (Lipinski definition) is 1. The monoisotopic (exact) mass is 282 g/mol. The summed E-state index contributed by atoms with van der Waals surface area (Å²) in [5.74, 6) is 0. The van der Waals surface area contributed by atoms with Crippen LogP contribution in [0.1, 0.15) is 19.4 Å². The Morgan fingerprint density at radius 2 is 2.12 bits per heavy atom. The Balaban J connectivity index is 2.16. The van der Waals surface area contributed by atoms with Crippen molar-refractivity contribution in [3.63, 3.8) is 0 Å². The second-order valence-corrected chi connectivity index (χ2v) is 5.18. The van der Waals surface area contributed by atoms with Crippen molar-refractivity contribution >= 4 is 21.6 Å². The molecular weight excluding hydrogens is 264 g/mol. The van der Waals surface area contributed by atoms with Crippen LogP contribution in [0, 0.1) is 0 Å². The summed E-state index contributed by atoms with van der Waals surface area (Å²) in [5, 5.41) is 3.53. The number of anilines is 1. The second kappa shape index (κ2) is 5.19. The Bertz CT molecular complexity index is 361. The largest absolute Gasteiger partial charge is 0.383 e. The first-order valence-corrected chi connectivity index (χ1v) is 6.80. The molecule has 1 aliphatic heterocycles. The molecule has 0 spiro atoms. The SMILES string of the molecule is CCN(CC)C1CNc2ccc(Br)cc2C1. The van der Waals surface area contributed by atoms with Gasteiger partial charge >= 0.3 is 0 Å². The molecule has 0 amide bonds. The Hall–Kier alpha value is -0.540. The fourth-order valence-electron chi connectivity index (χ4n) is 2.46. The fourth-order valence-corrected chi connectivity index (χ4v) is 2.86. The van der Waals surface area contributed by atoms with E-state index in [-0.39, 0.29) is 0 Å². The summed E-state index contributed by atoms with van der Waals surface area (Å²) in [6.45, 7) is 7.80. The summed E-state index contributed by atoms with van der Waals surface area (Å²) in [7, 11) is 0. The molecule has 1 unspecified atom stereocenters. The zero-order valence-corrected chi connectivity index (χ0v) is 11.5. The van der Waals surface area contributed by atoms with Gasteiger partial charge in [0.25, 0.3) is 0 Å². The van der Waals surface area contributed by atoms with Crippen molar-refractivity contribution in [1.29, 1.82) is 0 Å². The first-order chi connectivity index (χ1) is 7.74. The van der Waals surface area contributed by atoms with E-state index < -0.39 is 0 Å². The van der Waals surface area contributed by atoms with Crippen LogP contribution in [-0.2, 0) is 6.42 Å². The third kappa shape index (κ3) is 2.41. The van der Waals surface area contributed by atoms with Crippen LogP contribution in [0.15, 0.2) is 22.7 Å². The molecule has 2 rings (SSSR count). The molecule has 3 heteroatoms. The molecule has 0 bridgehead atoms. The predicted molar refractivity (Wildman–Crippen MR) is 73.0 cm³/mol. The van der Waals surface area contributed by atoms with Crippen molar-refractivity contribution in [1.82, 2.24) is 4.90 Å². The highest BCUT2D eigenvalue weighted by Gasteiger charge is 2.21. The van der Waals surface area contributed by atoms with Crippen molar-refractivity contribution in [2.45, 2.75) is 26.3 Å². The number of fused-ring (bicyclic) bond motifs is 1. The highest BCUT2D eigenvalue weighted by Crippen LogP contribution is 2.26. The third-order valence-electron chi connectivity index (χ3n) is 3.38. The molecule has 16 heavy (non-hydrogen) atoms. The van der Waals surface area contributed by atoms with Gasteiger partial charge in [0.2, 0.25) is 0 Å². The van der Waals surface area contributed by atoms with E-state index in [4.69, 9.17) is 0 Å². The number of likely N-dealkylation sites (N-methyl/N-ethyl adjacent to an activating group) is 1. The molecule has 1 aliphatic rings. The number of benzene rings is 1. The molecular formula is C13H19BrN2. The maximum absolute atomic E-state index is 3.54. The lowest BCUT2D eigenvalue weighted by molar-refractivity contribution is 0.221. The number of rotatable bonds is 3. The van der Waals surface area contributed by atoms with Crippen molar-refractivity contribution in [2.75, 3.05) is 25.0 Å². The first-order valence-electron chi connectivity index (χ1n) is 6.01. The Morgan fingerprint density at radius 1 is 1.38 bits per heavy atom. The lowest BCUT2D eigenvalue weighted by Crippen LogP contribution is -2.43. The van der Waals surface area contributed by atoms with Gasteiger partial charge in [-0.05, 0) is 43.3 Å². The number of nitrogens with one attached hydrogen (secondary N) is 1. The van der Waals surface area contributed by atoms with E-state index in [2.05, 4.69) is 58.2 Å². The zero-order valence-electron chi connectivity index (χ0n) is 9.96. The molecule has 0 saturated heterocycles. The van der Waals surface area contributed by atoms with E-state index in [0.29, 0.717) is 6.04 Å². The van der Waals surface area contributed by atoms with Crippen LogP contribution in [0.4, 0.5) is 5.69 Å². The molecule has 0 fully saturated rings. The molecule has 0 aliphatic carbocycles. The average molecular weight is 283 g/mol. The van der Waals surface area contributed by atoms with Crippen LogP contribution < -0.4 is 5.32 Å². The van der Waals surface area contributed by atoms with Crippen LogP contribution in [0.3, 0.4) is 0 Å². The topological polar surface area (TPSA) is 15.3 Å². The van der Waals surface area contributed by atoms with Crippen LogP contribution in [0.25, 0.3) is 0 Å². The van der Waals surface area contributed by atoms with E-state index in [1.165, 1.54) is 15.7 Å². The molecule has 0 radical (unpaired) electrons. The van der Waals surface area contributed by atoms with Crippen LogP contribution in [-0.4, -0.2) is 30.6 Å².